The van der Waals surface area contributed by atoms with Gasteiger partial charge in [-0.15, -0.1) is 0 Å². The third kappa shape index (κ3) is 7.97. The molecule has 1 unspecified atom stereocenters. The lowest BCUT2D eigenvalue weighted by Gasteiger charge is -2.42. The number of carbonyl (C=O) groups excluding carboxylic acids is 2. The standard InChI is InChI=1S/C35H47N5O2/c1-24(2)38-34(41)29-20-26(4)33(27(5)21-29)35(42)37-17-13-28(6)39-18-14-32(15-19-39)40(31-10-8-7-9-11-31)23-30-22-36-16-12-25(30)3/h7-12,16,20-22,24,28,32H,13-15,17-19,23H2,1-6H3,(H,37,42)(H,38,41). The minimum Gasteiger partial charge on any atom is -0.364 e. The van der Waals surface area contributed by atoms with Crippen LogP contribution < -0.4 is 15.5 Å². The van der Waals surface area contributed by atoms with Crippen molar-refractivity contribution in [3.8, 4) is 0 Å². The van der Waals surface area contributed by atoms with E-state index in [1.165, 1.54) is 16.8 Å². The number of pyridine rings is 1. The van der Waals surface area contributed by atoms with Crippen molar-refractivity contribution >= 4 is 17.5 Å². The number of hydrogen-bond donors (Lipinski definition) is 2. The highest BCUT2D eigenvalue weighted by Gasteiger charge is 2.27. The average Bonchev–Trinajstić information content (AvgIpc) is 2.96. The van der Waals surface area contributed by atoms with Gasteiger partial charge in [0, 0.05) is 73.5 Å². The van der Waals surface area contributed by atoms with Gasteiger partial charge in [-0.1, -0.05) is 18.2 Å². The fourth-order valence-corrected chi connectivity index (χ4v) is 6.00. The number of hydrogen-bond acceptors (Lipinski definition) is 5. The van der Waals surface area contributed by atoms with Gasteiger partial charge in [-0.05, 0) is 113 Å². The number of nitrogens with zero attached hydrogens (tertiary/aromatic N) is 3. The van der Waals surface area contributed by atoms with Crippen LogP contribution >= 0.6 is 0 Å². The molecule has 0 saturated carbocycles. The Morgan fingerprint density at radius 1 is 0.952 bits per heavy atom. The van der Waals surface area contributed by atoms with Gasteiger partial charge in [0.15, 0.2) is 0 Å². The zero-order valence-corrected chi connectivity index (χ0v) is 26.1. The SMILES string of the molecule is Cc1ccncc1CN(c1ccccc1)C1CCN(C(C)CCNC(=O)c2c(C)cc(C(=O)NC(C)C)cc2C)CC1. The van der Waals surface area contributed by atoms with E-state index in [4.69, 9.17) is 0 Å². The molecular formula is C35H47N5O2. The van der Waals surface area contributed by atoms with Crippen LogP contribution in [-0.2, 0) is 6.54 Å². The highest BCUT2D eigenvalue weighted by Crippen LogP contribution is 2.27. The number of carbonyl (C=O) groups is 2. The summed E-state index contributed by atoms with van der Waals surface area (Å²) in [6, 6.07) is 17.3. The largest absolute Gasteiger partial charge is 0.364 e. The van der Waals surface area contributed by atoms with E-state index in [9.17, 15) is 9.59 Å². The monoisotopic (exact) mass is 569 g/mol. The van der Waals surface area contributed by atoms with Gasteiger partial charge in [-0.3, -0.25) is 14.6 Å². The smallest absolute Gasteiger partial charge is 0.251 e. The molecule has 2 N–H and O–H groups in total. The van der Waals surface area contributed by atoms with E-state index in [2.05, 4.69) is 75.7 Å². The van der Waals surface area contributed by atoms with Crippen LogP contribution in [0.2, 0.25) is 0 Å². The Bertz CT molecular complexity index is 1330. The molecule has 1 aromatic heterocycles. The zero-order chi connectivity index (χ0) is 30.2. The molecule has 0 radical (unpaired) electrons. The van der Waals surface area contributed by atoms with E-state index in [0.29, 0.717) is 29.8 Å². The Morgan fingerprint density at radius 2 is 1.62 bits per heavy atom. The molecule has 0 bridgehead atoms. The van der Waals surface area contributed by atoms with Gasteiger partial charge in [0.25, 0.3) is 11.8 Å². The molecule has 2 heterocycles. The van der Waals surface area contributed by atoms with E-state index >= 15 is 0 Å². The van der Waals surface area contributed by atoms with Crippen molar-refractivity contribution in [1.29, 1.82) is 0 Å². The summed E-state index contributed by atoms with van der Waals surface area (Å²) < 4.78 is 0. The minimum atomic E-state index is -0.111. The highest BCUT2D eigenvalue weighted by atomic mass is 16.2. The van der Waals surface area contributed by atoms with Crippen molar-refractivity contribution < 1.29 is 9.59 Å². The number of piperidine rings is 1. The normalized spacial score (nSPS) is 14.9. The van der Waals surface area contributed by atoms with Crippen LogP contribution in [0.1, 0.15) is 83.0 Å². The Balaban J connectivity index is 1.30. The molecule has 4 rings (SSSR count). The number of likely N-dealkylation sites (tertiary alicyclic amines) is 1. The molecule has 7 heteroatoms. The summed E-state index contributed by atoms with van der Waals surface area (Å²) >= 11 is 0. The van der Waals surface area contributed by atoms with Crippen molar-refractivity contribution in [3.63, 3.8) is 0 Å². The van der Waals surface area contributed by atoms with Crippen LogP contribution in [0.5, 0.6) is 0 Å². The first-order valence-electron chi connectivity index (χ1n) is 15.3. The minimum absolute atomic E-state index is 0.0628. The van der Waals surface area contributed by atoms with E-state index < -0.39 is 0 Å². The van der Waals surface area contributed by atoms with E-state index in [1.54, 1.807) is 12.1 Å². The third-order valence-electron chi connectivity index (χ3n) is 8.43. The fraction of sp³-hybridized carbons (Fsp3) is 0.457. The molecule has 1 atom stereocenters. The number of amides is 2. The summed E-state index contributed by atoms with van der Waals surface area (Å²) in [7, 11) is 0. The van der Waals surface area contributed by atoms with Gasteiger partial charge in [0.2, 0.25) is 0 Å². The lowest BCUT2D eigenvalue weighted by molar-refractivity contribution is 0.0930. The Kier molecular flexibility index (Phi) is 10.7. The Labute approximate surface area is 251 Å². The van der Waals surface area contributed by atoms with Crippen LogP contribution in [0.15, 0.2) is 60.9 Å². The summed E-state index contributed by atoms with van der Waals surface area (Å²) in [5.74, 6) is -0.184. The van der Waals surface area contributed by atoms with Crippen molar-refractivity contribution in [2.75, 3.05) is 24.5 Å². The van der Waals surface area contributed by atoms with Gasteiger partial charge >= 0.3 is 0 Å². The van der Waals surface area contributed by atoms with Crippen LogP contribution in [-0.4, -0.2) is 59.5 Å². The molecule has 3 aromatic rings. The lowest BCUT2D eigenvalue weighted by atomic mass is 9.97. The van der Waals surface area contributed by atoms with Crippen molar-refractivity contribution in [3.05, 3.63) is 94.3 Å². The molecular weight excluding hydrogens is 522 g/mol. The van der Waals surface area contributed by atoms with E-state index in [0.717, 1.165) is 50.0 Å². The van der Waals surface area contributed by atoms with Crippen LogP contribution in [0.25, 0.3) is 0 Å². The molecule has 1 aliphatic rings. The molecule has 7 nitrogen and oxygen atoms in total. The first-order chi connectivity index (χ1) is 20.1. The average molecular weight is 570 g/mol. The molecule has 42 heavy (non-hydrogen) atoms. The predicted molar refractivity (Wildman–Crippen MR) is 171 cm³/mol. The summed E-state index contributed by atoms with van der Waals surface area (Å²) in [6.07, 6.45) is 6.94. The van der Waals surface area contributed by atoms with Crippen LogP contribution in [0.4, 0.5) is 5.69 Å². The molecule has 1 aliphatic heterocycles. The number of aryl methyl sites for hydroxylation is 3. The van der Waals surface area contributed by atoms with Crippen LogP contribution in [0, 0.1) is 20.8 Å². The quantitative estimate of drug-likeness (QED) is 0.304. The highest BCUT2D eigenvalue weighted by molar-refractivity contribution is 6.00. The van der Waals surface area contributed by atoms with Crippen molar-refractivity contribution in [1.82, 2.24) is 20.5 Å². The topological polar surface area (TPSA) is 77.6 Å². The maximum Gasteiger partial charge on any atom is 0.251 e. The van der Waals surface area contributed by atoms with Gasteiger partial charge in [0.05, 0.1) is 0 Å². The van der Waals surface area contributed by atoms with Crippen molar-refractivity contribution in [2.45, 2.75) is 85.5 Å². The number of aromatic nitrogens is 1. The van der Waals surface area contributed by atoms with Gasteiger partial charge in [-0.25, -0.2) is 0 Å². The third-order valence-corrected chi connectivity index (χ3v) is 8.43. The Morgan fingerprint density at radius 3 is 2.24 bits per heavy atom. The molecule has 0 spiro atoms. The van der Waals surface area contributed by atoms with Gasteiger partial charge < -0.3 is 20.4 Å². The Hall–Kier alpha value is -3.71. The second kappa shape index (κ2) is 14.5. The van der Waals surface area contributed by atoms with Crippen molar-refractivity contribution in [2.24, 2.45) is 0 Å². The summed E-state index contributed by atoms with van der Waals surface area (Å²) in [5.41, 5.74) is 6.70. The molecule has 1 fully saturated rings. The molecule has 224 valence electrons. The first-order valence-corrected chi connectivity index (χ1v) is 15.3. The van der Waals surface area contributed by atoms with E-state index in [-0.39, 0.29) is 17.9 Å². The number of anilines is 1. The number of nitrogens with one attached hydrogen (secondary N) is 2. The summed E-state index contributed by atoms with van der Waals surface area (Å²) in [4.78, 5) is 35.0. The summed E-state index contributed by atoms with van der Waals surface area (Å²) in [5, 5.41) is 6.05. The first kappa shape index (κ1) is 31.2. The maximum atomic E-state index is 13.1. The lowest BCUT2D eigenvalue weighted by Crippen LogP contribution is -2.48. The second-order valence-corrected chi connectivity index (χ2v) is 12.0. The molecule has 2 amide bonds. The number of para-hydroxylation sites is 1. The second-order valence-electron chi connectivity index (χ2n) is 12.0. The fourth-order valence-electron chi connectivity index (χ4n) is 6.00. The van der Waals surface area contributed by atoms with Gasteiger partial charge in [-0.2, -0.15) is 0 Å². The van der Waals surface area contributed by atoms with Crippen LogP contribution in [0.3, 0.4) is 0 Å². The predicted octanol–water partition coefficient (Wildman–Crippen LogP) is 5.82. The number of rotatable bonds is 11. The van der Waals surface area contributed by atoms with Gasteiger partial charge in [0.1, 0.15) is 0 Å². The number of benzene rings is 2. The summed E-state index contributed by atoms with van der Waals surface area (Å²) in [6.45, 7) is 15.6. The molecule has 2 aromatic carbocycles. The van der Waals surface area contributed by atoms with E-state index in [1.807, 2.05) is 40.1 Å². The molecule has 0 aliphatic carbocycles. The zero-order valence-electron chi connectivity index (χ0n) is 26.1. The maximum absolute atomic E-state index is 13.1. The molecule has 1 saturated heterocycles.